The third kappa shape index (κ3) is 5.36. The third-order valence-electron chi connectivity index (χ3n) is 8.81. The predicted molar refractivity (Wildman–Crippen MR) is 136 cm³/mol. The Kier molecular flexibility index (Phi) is 7.37. The van der Waals surface area contributed by atoms with Crippen LogP contribution in [-0.4, -0.2) is 63.9 Å². The van der Waals surface area contributed by atoms with Gasteiger partial charge in [-0.2, -0.15) is 13.2 Å². The first-order valence-electron chi connectivity index (χ1n) is 13.4. The molecule has 2 unspecified atom stereocenters. The van der Waals surface area contributed by atoms with Crippen LogP contribution in [0, 0.1) is 5.41 Å². The van der Waals surface area contributed by atoms with E-state index in [-0.39, 0.29) is 36.7 Å². The molecule has 0 spiro atoms. The van der Waals surface area contributed by atoms with E-state index in [1.165, 1.54) is 11.0 Å². The summed E-state index contributed by atoms with van der Waals surface area (Å²) in [4.78, 5) is 28.9. The molecule has 2 aromatic rings. The third-order valence-corrected chi connectivity index (χ3v) is 8.81. The summed E-state index contributed by atoms with van der Waals surface area (Å²) in [6.45, 7) is 3.14. The summed E-state index contributed by atoms with van der Waals surface area (Å²) in [7, 11) is 0. The number of fused-ring (bicyclic) bond motifs is 1. The topological polar surface area (TPSA) is 90.3 Å². The van der Waals surface area contributed by atoms with Gasteiger partial charge >= 0.3 is 12.1 Å². The van der Waals surface area contributed by atoms with Crippen LogP contribution in [0.3, 0.4) is 0 Å². The number of hydrogen-bond acceptors (Lipinski definition) is 5. The molecule has 3 aliphatic rings. The molecule has 39 heavy (non-hydrogen) atoms. The van der Waals surface area contributed by atoms with Crippen molar-refractivity contribution in [3.05, 3.63) is 64.7 Å². The lowest BCUT2D eigenvalue weighted by atomic mass is 9.79. The number of rotatable bonds is 5. The minimum absolute atomic E-state index is 0.00196. The van der Waals surface area contributed by atoms with Crippen LogP contribution in [0.4, 0.5) is 13.2 Å². The molecule has 0 aromatic heterocycles. The number of likely N-dealkylation sites (tertiary alicyclic amines) is 1. The summed E-state index contributed by atoms with van der Waals surface area (Å²) >= 11 is 0. The fraction of sp³-hybridized carbons (Fsp3) is 0.517. The molecular weight excluding hydrogens is 513 g/mol. The predicted octanol–water partition coefficient (Wildman–Crippen LogP) is 4.88. The van der Waals surface area contributed by atoms with Gasteiger partial charge in [0.2, 0.25) is 5.91 Å². The van der Waals surface area contributed by atoms with E-state index in [9.17, 15) is 33.0 Å². The molecule has 2 aromatic carbocycles. The number of ether oxygens (including phenoxy) is 1. The Hall–Kier alpha value is -3.11. The lowest BCUT2D eigenvalue weighted by Gasteiger charge is -2.40. The Morgan fingerprint density at radius 3 is 2.51 bits per heavy atom. The van der Waals surface area contributed by atoms with Crippen molar-refractivity contribution in [3.8, 4) is 5.75 Å². The van der Waals surface area contributed by atoms with Crippen LogP contribution in [-0.2, 0) is 17.5 Å². The average molecular weight is 547 g/mol. The van der Waals surface area contributed by atoms with Crippen molar-refractivity contribution in [1.82, 2.24) is 9.80 Å². The summed E-state index contributed by atoms with van der Waals surface area (Å²) in [5.74, 6) is -0.636. The minimum Gasteiger partial charge on any atom is -0.478 e. The van der Waals surface area contributed by atoms with E-state index in [0.717, 1.165) is 50.0 Å². The molecule has 1 amide bonds. The number of benzene rings is 2. The second kappa shape index (κ2) is 10.5. The average Bonchev–Trinajstić information content (AvgIpc) is 3.39. The molecule has 0 bridgehead atoms. The summed E-state index contributed by atoms with van der Waals surface area (Å²) in [5, 5.41) is 20.1. The molecule has 1 aliphatic carbocycles. The molecule has 1 saturated heterocycles. The quantitative estimate of drug-likeness (QED) is 0.556. The Bertz CT molecular complexity index is 1240. The molecule has 2 N–H and O–H groups in total. The van der Waals surface area contributed by atoms with E-state index >= 15 is 0 Å². The molecule has 2 heterocycles. The molecule has 3 atom stereocenters. The van der Waals surface area contributed by atoms with Gasteiger partial charge in [-0.15, -0.1) is 0 Å². The van der Waals surface area contributed by atoms with Crippen molar-refractivity contribution < 1.29 is 37.7 Å². The van der Waals surface area contributed by atoms with Crippen molar-refractivity contribution in [2.24, 2.45) is 5.41 Å². The van der Waals surface area contributed by atoms with Gasteiger partial charge in [-0.3, -0.25) is 4.79 Å². The van der Waals surface area contributed by atoms with E-state index in [2.05, 4.69) is 4.90 Å². The second-order valence-corrected chi connectivity index (χ2v) is 11.1. The van der Waals surface area contributed by atoms with Crippen molar-refractivity contribution in [1.29, 1.82) is 0 Å². The first-order valence-corrected chi connectivity index (χ1v) is 13.4. The normalized spacial score (nSPS) is 25.2. The Morgan fingerprint density at radius 2 is 1.85 bits per heavy atom. The van der Waals surface area contributed by atoms with Crippen LogP contribution in [0.5, 0.6) is 5.75 Å². The van der Waals surface area contributed by atoms with E-state index in [0.29, 0.717) is 24.2 Å². The summed E-state index contributed by atoms with van der Waals surface area (Å²) in [6.07, 6.45) is -1.99. The zero-order valence-corrected chi connectivity index (χ0v) is 21.8. The molecule has 2 fully saturated rings. The number of hydrogen-bond donors (Lipinski definition) is 2. The van der Waals surface area contributed by atoms with Crippen molar-refractivity contribution in [3.63, 3.8) is 0 Å². The van der Waals surface area contributed by atoms with Crippen LogP contribution < -0.4 is 4.74 Å². The number of carbonyl (C=O) groups excluding carboxylic acids is 1. The van der Waals surface area contributed by atoms with Crippen molar-refractivity contribution in [2.75, 3.05) is 19.8 Å². The zero-order chi connectivity index (χ0) is 27.9. The van der Waals surface area contributed by atoms with Crippen LogP contribution in [0.2, 0.25) is 0 Å². The molecule has 2 aliphatic heterocycles. The standard InChI is InChI=1S/C29H33F3N2O5/c1-18(35)28(27(38)34-16-22-14-23(29(30,31)32)5-6-25(22)39-17-34)10-7-24(15-28)33-11-8-19(9-12-33)20-3-2-4-21(13-20)26(36)37/h2-6,13-14,18-19,24,35H,7-12,15-17H2,1H3,(H,36,37)/t18?,24-,28?/m1/s1. The highest BCUT2D eigenvalue weighted by atomic mass is 19.4. The van der Waals surface area contributed by atoms with Crippen LogP contribution in [0.25, 0.3) is 0 Å². The monoisotopic (exact) mass is 546 g/mol. The summed E-state index contributed by atoms with van der Waals surface area (Å²) < 4.78 is 45.3. The number of aromatic carboxylic acids is 1. The van der Waals surface area contributed by atoms with Crippen LogP contribution >= 0.6 is 0 Å². The lowest BCUT2D eigenvalue weighted by Crippen LogP contribution is -2.51. The summed E-state index contributed by atoms with van der Waals surface area (Å²) in [6, 6.07) is 10.5. The number of nitrogens with zero attached hydrogens (tertiary/aromatic N) is 2. The van der Waals surface area contributed by atoms with E-state index in [4.69, 9.17) is 4.74 Å². The maximum Gasteiger partial charge on any atom is 0.416 e. The number of halogens is 3. The van der Waals surface area contributed by atoms with Crippen LogP contribution in [0.1, 0.15) is 72.0 Å². The van der Waals surface area contributed by atoms with Crippen molar-refractivity contribution in [2.45, 2.75) is 69.8 Å². The van der Waals surface area contributed by atoms with Gasteiger partial charge in [-0.1, -0.05) is 12.1 Å². The van der Waals surface area contributed by atoms with E-state index < -0.39 is 29.2 Å². The van der Waals surface area contributed by atoms with Gasteiger partial charge in [0.05, 0.1) is 29.2 Å². The number of aliphatic hydroxyl groups is 1. The van der Waals surface area contributed by atoms with Gasteiger partial charge in [-0.05, 0) is 93.9 Å². The molecule has 0 radical (unpaired) electrons. The van der Waals surface area contributed by atoms with Gasteiger partial charge in [-0.25, -0.2) is 4.79 Å². The highest BCUT2D eigenvalue weighted by molar-refractivity contribution is 5.87. The molecule has 10 heteroatoms. The fourth-order valence-electron chi connectivity index (χ4n) is 6.50. The highest BCUT2D eigenvalue weighted by Crippen LogP contribution is 2.46. The Labute approximate surface area is 225 Å². The number of alkyl halides is 3. The van der Waals surface area contributed by atoms with E-state index in [1.807, 2.05) is 6.07 Å². The molecule has 210 valence electrons. The van der Waals surface area contributed by atoms with E-state index in [1.54, 1.807) is 25.1 Å². The molecule has 7 nitrogen and oxygen atoms in total. The SMILES string of the molecule is CC(O)C1(C(=O)N2COc3ccc(C(F)(F)F)cc3C2)CC[C@@H](N2CCC(c3cccc(C(=O)O)c3)CC2)C1. The number of aliphatic hydroxyl groups excluding tert-OH is 1. The fourth-order valence-corrected chi connectivity index (χ4v) is 6.50. The van der Waals surface area contributed by atoms with Gasteiger partial charge in [0.25, 0.3) is 0 Å². The van der Waals surface area contributed by atoms with Gasteiger partial charge < -0.3 is 24.7 Å². The first kappa shape index (κ1) is 27.5. The largest absolute Gasteiger partial charge is 0.478 e. The Balaban J connectivity index is 1.25. The van der Waals surface area contributed by atoms with Crippen molar-refractivity contribution >= 4 is 11.9 Å². The number of carboxylic acid groups (broad SMARTS) is 1. The second-order valence-electron chi connectivity index (χ2n) is 11.1. The summed E-state index contributed by atoms with van der Waals surface area (Å²) in [5.41, 5.74) is -0.213. The Morgan fingerprint density at radius 1 is 1.10 bits per heavy atom. The number of piperidine rings is 1. The first-order chi connectivity index (χ1) is 18.5. The number of carboxylic acids is 1. The molecular formula is C29H33F3N2O5. The maximum absolute atomic E-state index is 13.8. The van der Waals surface area contributed by atoms with Gasteiger partial charge in [0, 0.05) is 11.6 Å². The van der Waals surface area contributed by atoms with Gasteiger partial charge in [0.15, 0.2) is 6.73 Å². The number of carbonyl (C=O) groups is 2. The highest BCUT2D eigenvalue weighted by Gasteiger charge is 2.52. The minimum atomic E-state index is -4.49. The lowest BCUT2D eigenvalue weighted by molar-refractivity contribution is -0.153. The van der Waals surface area contributed by atoms with Gasteiger partial charge in [0.1, 0.15) is 5.75 Å². The van der Waals surface area contributed by atoms with Crippen LogP contribution in [0.15, 0.2) is 42.5 Å². The smallest absolute Gasteiger partial charge is 0.416 e. The molecule has 1 saturated carbocycles. The zero-order valence-electron chi connectivity index (χ0n) is 21.8. The maximum atomic E-state index is 13.8. The molecule has 5 rings (SSSR count). The number of amides is 1.